The highest BCUT2D eigenvalue weighted by Gasteiger charge is 2.34. The molecule has 2 aromatic rings. The van der Waals surface area contributed by atoms with E-state index < -0.39 is 30.4 Å². The number of benzene rings is 2. The molecular weight excluding hydrogens is 446 g/mol. The van der Waals surface area contributed by atoms with Gasteiger partial charge < -0.3 is 20.5 Å². The first-order chi connectivity index (χ1) is 16.6. The predicted molar refractivity (Wildman–Crippen MR) is 132 cm³/mol. The molecule has 35 heavy (non-hydrogen) atoms. The molecule has 2 atom stereocenters. The van der Waals surface area contributed by atoms with Gasteiger partial charge in [0.05, 0.1) is 6.42 Å². The number of hydrogen-bond acceptors (Lipinski definition) is 5. The first kappa shape index (κ1) is 24.7. The number of carboxylic acids is 1. The number of nitrogens with one attached hydrogen (secondary N) is 2. The second-order valence-electron chi connectivity index (χ2n) is 10.2. The Morgan fingerprint density at radius 2 is 1.66 bits per heavy atom. The number of nitrogens with zero attached hydrogens (tertiary/aromatic N) is 1. The maximum absolute atomic E-state index is 12.9. The van der Waals surface area contributed by atoms with Crippen LogP contribution in [0, 0.1) is 0 Å². The molecule has 8 nitrogen and oxygen atoms in total. The molecule has 2 aromatic carbocycles. The van der Waals surface area contributed by atoms with Gasteiger partial charge in [0.1, 0.15) is 12.6 Å². The van der Waals surface area contributed by atoms with Gasteiger partial charge in [0, 0.05) is 30.6 Å². The van der Waals surface area contributed by atoms with E-state index in [0.29, 0.717) is 6.54 Å². The Kier molecular flexibility index (Phi) is 7.12. The number of likely N-dealkylation sites (tertiary alicyclic amines) is 1. The molecular formula is C27H33N3O5. The highest BCUT2D eigenvalue weighted by atomic mass is 16.5. The van der Waals surface area contributed by atoms with Gasteiger partial charge in [-0.3, -0.25) is 14.5 Å². The topological polar surface area (TPSA) is 108 Å². The number of rotatable bonds is 7. The van der Waals surface area contributed by atoms with E-state index in [-0.39, 0.29) is 24.1 Å². The molecule has 2 aliphatic rings. The Morgan fingerprint density at radius 1 is 1.06 bits per heavy atom. The van der Waals surface area contributed by atoms with Crippen molar-refractivity contribution >= 4 is 18.0 Å². The number of fused-ring (bicyclic) bond motifs is 3. The summed E-state index contributed by atoms with van der Waals surface area (Å²) in [4.78, 5) is 39.1. The van der Waals surface area contributed by atoms with Crippen LogP contribution >= 0.6 is 0 Å². The van der Waals surface area contributed by atoms with Gasteiger partial charge in [-0.1, -0.05) is 48.5 Å². The lowest BCUT2D eigenvalue weighted by molar-refractivity contribution is -0.140. The fourth-order valence-electron chi connectivity index (χ4n) is 4.96. The summed E-state index contributed by atoms with van der Waals surface area (Å²) in [6.45, 7) is 7.96. The van der Waals surface area contributed by atoms with E-state index in [1.807, 2.05) is 48.5 Å². The van der Waals surface area contributed by atoms with Crippen molar-refractivity contribution in [1.29, 1.82) is 0 Å². The van der Waals surface area contributed by atoms with E-state index >= 15 is 0 Å². The molecule has 1 aliphatic carbocycles. The molecule has 0 radical (unpaired) electrons. The number of ether oxygens (including phenoxy) is 1. The molecule has 3 N–H and O–H groups in total. The summed E-state index contributed by atoms with van der Waals surface area (Å²) in [7, 11) is 0. The minimum Gasteiger partial charge on any atom is -0.481 e. The molecule has 4 rings (SSSR count). The van der Waals surface area contributed by atoms with Crippen LogP contribution in [0.3, 0.4) is 0 Å². The van der Waals surface area contributed by atoms with Gasteiger partial charge in [0.25, 0.3) is 0 Å². The first-order valence-electron chi connectivity index (χ1n) is 12.0. The Hall–Kier alpha value is -3.39. The molecule has 1 fully saturated rings. The van der Waals surface area contributed by atoms with Crippen molar-refractivity contribution in [3.05, 3.63) is 59.7 Å². The van der Waals surface area contributed by atoms with Crippen molar-refractivity contribution < 1.29 is 24.2 Å². The lowest BCUT2D eigenvalue weighted by Crippen LogP contribution is -2.51. The van der Waals surface area contributed by atoms with Gasteiger partial charge in [-0.25, -0.2) is 4.79 Å². The van der Waals surface area contributed by atoms with Gasteiger partial charge in [-0.15, -0.1) is 0 Å². The quantitative estimate of drug-likeness (QED) is 0.562. The third kappa shape index (κ3) is 5.65. The van der Waals surface area contributed by atoms with Crippen molar-refractivity contribution in [3.63, 3.8) is 0 Å². The van der Waals surface area contributed by atoms with Crippen molar-refractivity contribution in [2.24, 2.45) is 0 Å². The summed E-state index contributed by atoms with van der Waals surface area (Å²) in [5.74, 6) is -1.81. The van der Waals surface area contributed by atoms with Crippen molar-refractivity contribution in [1.82, 2.24) is 15.5 Å². The van der Waals surface area contributed by atoms with Crippen LogP contribution in [-0.4, -0.2) is 65.3 Å². The number of alkyl carbamates (subject to hydrolysis) is 1. The second kappa shape index (κ2) is 10.1. The van der Waals surface area contributed by atoms with Gasteiger partial charge in [0.15, 0.2) is 0 Å². The van der Waals surface area contributed by atoms with Crippen LogP contribution in [0.1, 0.15) is 50.7 Å². The van der Waals surface area contributed by atoms with Crippen LogP contribution in [0.2, 0.25) is 0 Å². The zero-order valence-electron chi connectivity index (χ0n) is 20.4. The van der Waals surface area contributed by atoms with Crippen LogP contribution in [0.15, 0.2) is 48.5 Å². The molecule has 0 aromatic heterocycles. The molecule has 0 bridgehead atoms. The maximum Gasteiger partial charge on any atom is 0.407 e. The maximum atomic E-state index is 12.9. The number of carbonyl (C=O) groups excluding carboxylic acids is 2. The zero-order valence-corrected chi connectivity index (χ0v) is 20.4. The minimum atomic E-state index is -1.22. The van der Waals surface area contributed by atoms with E-state index in [9.17, 15) is 19.5 Å². The second-order valence-corrected chi connectivity index (χ2v) is 10.2. The van der Waals surface area contributed by atoms with Gasteiger partial charge in [0.2, 0.25) is 5.91 Å². The minimum absolute atomic E-state index is 0.0144. The van der Waals surface area contributed by atoms with E-state index in [0.717, 1.165) is 35.2 Å². The number of carboxylic acid groups (broad SMARTS) is 1. The first-order valence-corrected chi connectivity index (χ1v) is 12.0. The number of amides is 2. The summed E-state index contributed by atoms with van der Waals surface area (Å²) in [6.07, 6.45) is -0.560. The fraction of sp³-hybridized carbons (Fsp3) is 0.444. The largest absolute Gasteiger partial charge is 0.481 e. The Labute approximate surface area is 205 Å². The van der Waals surface area contributed by atoms with Crippen LogP contribution in [0.25, 0.3) is 11.1 Å². The Bertz CT molecular complexity index is 1060. The lowest BCUT2D eigenvalue weighted by Gasteiger charge is -2.31. The zero-order chi connectivity index (χ0) is 25.2. The number of aliphatic carboxylic acids is 1. The third-order valence-electron chi connectivity index (χ3n) is 6.81. The van der Waals surface area contributed by atoms with E-state index in [2.05, 4.69) is 36.3 Å². The normalized spacial score (nSPS) is 18.4. The molecule has 186 valence electrons. The lowest BCUT2D eigenvalue weighted by atomic mass is 9.98. The summed E-state index contributed by atoms with van der Waals surface area (Å²) >= 11 is 0. The third-order valence-corrected chi connectivity index (χ3v) is 6.81. The SMILES string of the molecule is CC(C)(C)N1CCC(NC(=O)C(CC(=O)O)NC(=O)OCC2c3ccccc3-c3ccccc32)C1. The summed E-state index contributed by atoms with van der Waals surface area (Å²) < 4.78 is 5.50. The summed E-state index contributed by atoms with van der Waals surface area (Å²) in [5.41, 5.74) is 4.36. The Morgan fingerprint density at radius 3 is 2.20 bits per heavy atom. The molecule has 1 aliphatic heterocycles. The summed E-state index contributed by atoms with van der Waals surface area (Å²) in [6, 6.07) is 14.7. The average molecular weight is 480 g/mol. The van der Waals surface area contributed by atoms with Crippen LogP contribution < -0.4 is 10.6 Å². The van der Waals surface area contributed by atoms with Crippen LogP contribution in [0.4, 0.5) is 4.79 Å². The van der Waals surface area contributed by atoms with Gasteiger partial charge in [-0.05, 0) is 49.4 Å². The smallest absolute Gasteiger partial charge is 0.407 e. The van der Waals surface area contributed by atoms with Crippen molar-refractivity contribution in [3.8, 4) is 11.1 Å². The number of hydrogen-bond donors (Lipinski definition) is 3. The van der Waals surface area contributed by atoms with Crippen molar-refractivity contribution in [2.75, 3.05) is 19.7 Å². The monoisotopic (exact) mass is 479 g/mol. The highest BCUT2D eigenvalue weighted by Crippen LogP contribution is 2.44. The van der Waals surface area contributed by atoms with Gasteiger partial charge in [-0.2, -0.15) is 0 Å². The van der Waals surface area contributed by atoms with Crippen molar-refractivity contribution in [2.45, 2.75) is 57.2 Å². The molecule has 0 spiro atoms. The average Bonchev–Trinajstić information content (AvgIpc) is 3.40. The highest BCUT2D eigenvalue weighted by molar-refractivity contribution is 5.89. The molecule has 8 heteroatoms. The van der Waals surface area contributed by atoms with E-state index in [1.54, 1.807) is 0 Å². The van der Waals surface area contributed by atoms with Crippen LogP contribution in [0.5, 0.6) is 0 Å². The predicted octanol–water partition coefficient (Wildman–Crippen LogP) is 3.36. The van der Waals surface area contributed by atoms with Gasteiger partial charge >= 0.3 is 12.1 Å². The van der Waals surface area contributed by atoms with E-state index in [1.165, 1.54) is 0 Å². The summed E-state index contributed by atoms with van der Waals surface area (Å²) in [5, 5.41) is 14.7. The Balaban J connectivity index is 1.37. The molecule has 2 amide bonds. The fourth-order valence-corrected chi connectivity index (χ4v) is 4.96. The molecule has 2 unspecified atom stereocenters. The number of carbonyl (C=O) groups is 3. The van der Waals surface area contributed by atoms with Crippen LogP contribution in [-0.2, 0) is 14.3 Å². The molecule has 0 saturated carbocycles. The molecule has 1 heterocycles. The standard InChI is InChI=1S/C27H33N3O5/c1-27(2,3)30-13-12-17(15-30)28-25(33)23(14-24(31)32)29-26(34)35-16-22-20-10-6-4-8-18(20)19-9-5-7-11-21(19)22/h4-11,17,22-23H,12-16H2,1-3H3,(H,28,33)(H,29,34)(H,31,32). The van der Waals surface area contributed by atoms with E-state index in [4.69, 9.17) is 4.74 Å². The molecule has 1 saturated heterocycles.